The summed E-state index contributed by atoms with van der Waals surface area (Å²) in [4.78, 5) is 0. The van der Waals surface area contributed by atoms with Crippen molar-refractivity contribution in [2.24, 2.45) is 0 Å². The van der Waals surface area contributed by atoms with Crippen LogP contribution < -0.4 is 0 Å². The van der Waals surface area contributed by atoms with Gasteiger partial charge in [0.1, 0.15) is 11.2 Å². The maximum absolute atomic E-state index is 6.44. The maximum atomic E-state index is 6.44. The Hall–Kier alpha value is -6.58. The highest BCUT2D eigenvalue weighted by Crippen LogP contribution is 2.42. The van der Waals surface area contributed by atoms with Crippen molar-refractivity contribution in [3.63, 3.8) is 0 Å². The molecule has 0 radical (unpaired) electrons. The first kappa shape index (κ1) is 26.5. The number of rotatable bonds is 3. The number of hydrogen-bond donors (Lipinski definition) is 0. The van der Waals surface area contributed by atoms with Crippen molar-refractivity contribution < 1.29 is 4.42 Å². The molecule has 0 saturated carbocycles. The molecule has 0 aliphatic heterocycles. The first-order valence-corrected chi connectivity index (χ1v) is 16.8. The molecule has 228 valence electrons. The summed E-state index contributed by atoms with van der Waals surface area (Å²) >= 11 is 0. The molecule has 49 heavy (non-hydrogen) atoms. The van der Waals surface area contributed by atoms with Gasteiger partial charge >= 0.3 is 0 Å². The summed E-state index contributed by atoms with van der Waals surface area (Å²) < 4.78 is 11.3. The third-order valence-electron chi connectivity index (χ3n) is 10.3. The third kappa shape index (κ3) is 3.78. The van der Waals surface area contributed by atoms with E-state index in [9.17, 15) is 0 Å². The van der Waals surface area contributed by atoms with Gasteiger partial charge in [-0.3, -0.25) is 0 Å². The zero-order valence-electron chi connectivity index (χ0n) is 26.5. The quantitative estimate of drug-likeness (QED) is 0.192. The van der Waals surface area contributed by atoms with Crippen molar-refractivity contribution >= 4 is 76.3 Å². The summed E-state index contributed by atoms with van der Waals surface area (Å²) in [6.45, 7) is 0. The topological polar surface area (TPSA) is 23.0 Å². The zero-order chi connectivity index (χ0) is 32.1. The van der Waals surface area contributed by atoms with Crippen LogP contribution >= 0.6 is 0 Å². The van der Waals surface area contributed by atoms with Crippen molar-refractivity contribution in [1.29, 1.82) is 0 Å². The van der Waals surface area contributed by atoms with Crippen molar-refractivity contribution in [3.05, 3.63) is 170 Å². The van der Waals surface area contributed by atoms with Gasteiger partial charge in [0, 0.05) is 43.7 Å². The van der Waals surface area contributed by atoms with Gasteiger partial charge in [0.25, 0.3) is 0 Å². The second-order valence-corrected chi connectivity index (χ2v) is 13.0. The molecule has 11 aromatic rings. The fourth-order valence-corrected chi connectivity index (χ4v) is 8.13. The molecule has 0 spiro atoms. The Labute approximate surface area is 281 Å². The van der Waals surface area contributed by atoms with Crippen molar-refractivity contribution in [2.75, 3.05) is 0 Å². The Balaban J connectivity index is 1.18. The fraction of sp³-hybridized carbons (Fsp3) is 0. The van der Waals surface area contributed by atoms with Gasteiger partial charge in [0.05, 0.1) is 22.1 Å². The van der Waals surface area contributed by atoms with Gasteiger partial charge in [-0.25, -0.2) is 0 Å². The standard InChI is InChI=1S/C46H28N2O/c1-2-15-32(16-3-1)47-40-21-8-6-18-35(40)37-28-43-38(27-42(37)47)36-19-7-9-22-41(36)48(43)33-17-10-14-31(24-33)34-20-11-23-44-46(34)39-25-29-12-4-5-13-30(29)26-45(39)49-44/h1-28H. The Morgan fingerprint density at radius 3 is 1.67 bits per heavy atom. The molecule has 0 atom stereocenters. The second kappa shape index (κ2) is 9.96. The van der Waals surface area contributed by atoms with E-state index in [4.69, 9.17) is 4.42 Å². The van der Waals surface area contributed by atoms with Gasteiger partial charge in [-0.1, -0.05) is 103 Å². The molecule has 0 amide bonds. The van der Waals surface area contributed by atoms with E-state index >= 15 is 0 Å². The predicted molar refractivity (Wildman–Crippen MR) is 205 cm³/mol. The number of hydrogen-bond acceptors (Lipinski definition) is 1. The van der Waals surface area contributed by atoms with Crippen LogP contribution in [0.5, 0.6) is 0 Å². The lowest BCUT2D eigenvalue weighted by molar-refractivity contribution is 0.669. The van der Waals surface area contributed by atoms with Crippen LogP contribution in [0.15, 0.2) is 174 Å². The van der Waals surface area contributed by atoms with Gasteiger partial charge in [0.2, 0.25) is 0 Å². The summed E-state index contributed by atoms with van der Waals surface area (Å²) in [5.74, 6) is 0. The predicted octanol–water partition coefficient (Wildman–Crippen LogP) is 12.6. The highest BCUT2D eigenvalue weighted by atomic mass is 16.3. The molecular formula is C46H28N2O. The van der Waals surface area contributed by atoms with Crippen LogP contribution in [-0.4, -0.2) is 9.13 Å². The van der Waals surface area contributed by atoms with Crippen LogP contribution in [0.4, 0.5) is 0 Å². The van der Waals surface area contributed by atoms with Crippen molar-refractivity contribution in [1.82, 2.24) is 9.13 Å². The minimum absolute atomic E-state index is 0.905. The van der Waals surface area contributed by atoms with E-state index in [0.717, 1.165) is 33.2 Å². The Morgan fingerprint density at radius 1 is 0.347 bits per heavy atom. The van der Waals surface area contributed by atoms with Crippen LogP contribution in [0.2, 0.25) is 0 Å². The number of nitrogens with zero attached hydrogens (tertiary/aromatic N) is 2. The van der Waals surface area contributed by atoms with Crippen LogP contribution in [0.3, 0.4) is 0 Å². The normalized spacial score (nSPS) is 12.1. The lowest BCUT2D eigenvalue weighted by Crippen LogP contribution is -1.95. The molecule has 3 heterocycles. The smallest absolute Gasteiger partial charge is 0.136 e. The summed E-state index contributed by atoms with van der Waals surface area (Å²) in [5.41, 5.74) is 11.2. The molecule has 0 N–H and O–H groups in total. The molecule has 0 saturated heterocycles. The first-order chi connectivity index (χ1) is 24.3. The molecule has 0 aliphatic carbocycles. The van der Waals surface area contributed by atoms with Gasteiger partial charge in [-0.05, 0) is 88.6 Å². The van der Waals surface area contributed by atoms with Gasteiger partial charge in [0.15, 0.2) is 0 Å². The van der Waals surface area contributed by atoms with E-state index in [-0.39, 0.29) is 0 Å². The molecule has 0 aliphatic rings. The Bertz CT molecular complexity index is 3100. The summed E-state index contributed by atoms with van der Waals surface area (Å²) in [7, 11) is 0. The maximum Gasteiger partial charge on any atom is 0.136 e. The van der Waals surface area contributed by atoms with E-state index in [0.29, 0.717) is 0 Å². The lowest BCUT2D eigenvalue weighted by atomic mass is 9.98. The summed E-state index contributed by atoms with van der Waals surface area (Å²) in [6.07, 6.45) is 0. The summed E-state index contributed by atoms with van der Waals surface area (Å²) in [5, 5.41) is 9.67. The molecular weight excluding hydrogens is 597 g/mol. The molecule has 3 aromatic heterocycles. The zero-order valence-corrected chi connectivity index (χ0v) is 26.5. The first-order valence-electron chi connectivity index (χ1n) is 16.8. The third-order valence-corrected chi connectivity index (χ3v) is 10.3. The highest BCUT2D eigenvalue weighted by Gasteiger charge is 2.19. The number of fused-ring (bicyclic) bond motifs is 10. The van der Waals surface area contributed by atoms with E-state index < -0.39 is 0 Å². The van der Waals surface area contributed by atoms with Crippen LogP contribution in [0.25, 0.3) is 98.8 Å². The molecule has 0 unspecified atom stereocenters. The average Bonchev–Trinajstić information content (AvgIpc) is 3.80. The van der Waals surface area contributed by atoms with Crippen LogP contribution in [0, 0.1) is 0 Å². The fourth-order valence-electron chi connectivity index (χ4n) is 8.13. The van der Waals surface area contributed by atoms with E-state index in [1.807, 2.05) is 0 Å². The van der Waals surface area contributed by atoms with E-state index in [1.165, 1.54) is 65.6 Å². The molecule has 0 fully saturated rings. The minimum atomic E-state index is 0.905. The number of benzene rings is 8. The van der Waals surface area contributed by atoms with Gasteiger partial charge < -0.3 is 13.6 Å². The SMILES string of the molecule is c1ccc(-n2c3ccccc3c3cc4c(cc32)c2ccccc2n4-c2cccc(-c3cccc4oc5cc6ccccc6cc5c34)c2)cc1. The van der Waals surface area contributed by atoms with Crippen LogP contribution in [-0.2, 0) is 0 Å². The Kier molecular flexibility index (Phi) is 5.38. The Morgan fingerprint density at radius 2 is 0.939 bits per heavy atom. The lowest BCUT2D eigenvalue weighted by Gasteiger charge is -2.11. The molecule has 11 rings (SSSR count). The molecule has 0 bridgehead atoms. The molecule has 3 heteroatoms. The number of aromatic nitrogens is 2. The monoisotopic (exact) mass is 624 g/mol. The minimum Gasteiger partial charge on any atom is -0.456 e. The van der Waals surface area contributed by atoms with E-state index in [1.54, 1.807) is 0 Å². The number of furan rings is 1. The van der Waals surface area contributed by atoms with Gasteiger partial charge in [-0.15, -0.1) is 0 Å². The molecule has 3 nitrogen and oxygen atoms in total. The number of para-hydroxylation sites is 3. The van der Waals surface area contributed by atoms with Gasteiger partial charge in [-0.2, -0.15) is 0 Å². The highest BCUT2D eigenvalue weighted by molar-refractivity contribution is 6.19. The van der Waals surface area contributed by atoms with E-state index in [2.05, 4.69) is 179 Å². The average molecular weight is 625 g/mol. The largest absolute Gasteiger partial charge is 0.456 e. The molecule has 8 aromatic carbocycles. The van der Waals surface area contributed by atoms with Crippen LogP contribution in [0.1, 0.15) is 0 Å². The van der Waals surface area contributed by atoms with Crippen molar-refractivity contribution in [3.8, 4) is 22.5 Å². The summed E-state index contributed by atoms with van der Waals surface area (Å²) in [6, 6.07) is 61.3. The van der Waals surface area contributed by atoms with Crippen molar-refractivity contribution in [2.45, 2.75) is 0 Å². The second-order valence-electron chi connectivity index (χ2n) is 13.0.